The van der Waals surface area contributed by atoms with E-state index in [-0.39, 0.29) is 0 Å². The molecule has 1 N–H and O–H groups in total. The van der Waals surface area contributed by atoms with Crippen LogP contribution in [0.3, 0.4) is 0 Å². The van der Waals surface area contributed by atoms with Gasteiger partial charge in [0.1, 0.15) is 5.82 Å². The van der Waals surface area contributed by atoms with Gasteiger partial charge in [-0.25, -0.2) is 9.18 Å². The highest BCUT2D eigenvalue weighted by Crippen LogP contribution is 2.18. The first-order valence-corrected chi connectivity index (χ1v) is 4.66. The molecule has 0 radical (unpaired) electrons. The van der Waals surface area contributed by atoms with E-state index >= 15 is 0 Å². The van der Waals surface area contributed by atoms with E-state index < -0.39 is 17.8 Å². The summed E-state index contributed by atoms with van der Waals surface area (Å²) < 4.78 is 14.0. The number of hydrogen-bond donors (Lipinski definition) is 1. The highest BCUT2D eigenvalue weighted by Gasteiger charge is 2.21. The van der Waals surface area contributed by atoms with Gasteiger partial charge in [0.2, 0.25) is 0 Å². The lowest BCUT2D eigenvalue weighted by molar-refractivity contribution is -0.139. The van der Waals surface area contributed by atoms with Crippen molar-refractivity contribution in [2.45, 2.75) is 6.04 Å². The zero-order chi connectivity index (χ0) is 11.5. The number of aliphatic carboxylic acids is 1. The van der Waals surface area contributed by atoms with Crippen molar-refractivity contribution in [1.29, 1.82) is 0 Å². The molecule has 0 spiro atoms. The molecule has 2 rings (SSSR count). The molecule has 0 aliphatic rings. The largest absolute Gasteiger partial charge is 0.479 e. The number of hydrogen-bond acceptors (Lipinski definition) is 2. The molecule has 2 aromatic rings. The number of halogens is 1. The SMILES string of the molecule is O=C(O)C(c1ccc(F)cc1)n1cccn1. The summed E-state index contributed by atoms with van der Waals surface area (Å²) in [5.41, 5.74) is 0.484. The van der Waals surface area contributed by atoms with E-state index in [1.165, 1.54) is 35.1 Å². The van der Waals surface area contributed by atoms with Gasteiger partial charge < -0.3 is 5.11 Å². The van der Waals surface area contributed by atoms with Crippen LogP contribution in [-0.2, 0) is 4.79 Å². The first-order chi connectivity index (χ1) is 7.68. The lowest BCUT2D eigenvalue weighted by Gasteiger charge is -2.12. The molecular formula is C11H9FN2O2. The minimum Gasteiger partial charge on any atom is -0.479 e. The van der Waals surface area contributed by atoms with E-state index in [2.05, 4.69) is 5.10 Å². The van der Waals surface area contributed by atoms with Crippen LogP contribution in [0.2, 0.25) is 0 Å². The van der Waals surface area contributed by atoms with Gasteiger partial charge >= 0.3 is 5.97 Å². The van der Waals surface area contributed by atoms with Gasteiger partial charge in [-0.2, -0.15) is 5.10 Å². The van der Waals surface area contributed by atoms with E-state index in [1.54, 1.807) is 12.3 Å². The van der Waals surface area contributed by atoms with E-state index in [4.69, 9.17) is 5.11 Å². The number of carboxylic acids is 1. The molecular weight excluding hydrogens is 211 g/mol. The van der Waals surface area contributed by atoms with Crippen molar-refractivity contribution in [3.05, 3.63) is 54.1 Å². The standard InChI is InChI=1S/C11H9FN2O2/c12-9-4-2-8(3-5-9)10(11(15)16)14-7-1-6-13-14/h1-7,10H,(H,15,16). The summed E-state index contributed by atoms with van der Waals surface area (Å²) in [6.07, 6.45) is 3.06. The second-order valence-electron chi connectivity index (χ2n) is 3.28. The number of carboxylic acid groups (broad SMARTS) is 1. The minimum atomic E-state index is -1.03. The van der Waals surface area contributed by atoms with E-state index in [0.29, 0.717) is 5.56 Å². The molecule has 1 aromatic heterocycles. The summed E-state index contributed by atoms with van der Waals surface area (Å²) in [6, 6.07) is 6.06. The molecule has 0 aliphatic carbocycles. The van der Waals surface area contributed by atoms with Crippen molar-refractivity contribution in [3.63, 3.8) is 0 Å². The van der Waals surface area contributed by atoms with Crippen molar-refractivity contribution < 1.29 is 14.3 Å². The Bertz CT molecular complexity index is 479. The molecule has 82 valence electrons. The summed E-state index contributed by atoms with van der Waals surface area (Å²) in [5, 5.41) is 13.0. The van der Waals surface area contributed by atoms with Gasteiger partial charge in [0.15, 0.2) is 6.04 Å². The highest BCUT2D eigenvalue weighted by molar-refractivity contribution is 5.75. The zero-order valence-electron chi connectivity index (χ0n) is 8.25. The van der Waals surface area contributed by atoms with Crippen LogP contribution in [-0.4, -0.2) is 20.9 Å². The average molecular weight is 220 g/mol. The Hall–Kier alpha value is -2.17. The third-order valence-corrected chi connectivity index (χ3v) is 2.21. The van der Waals surface area contributed by atoms with Crippen molar-refractivity contribution in [1.82, 2.24) is 9.78 Å². The quantitative estimate of drug-likeness (QED) is 0.856. The van der Waals surface area contributed by atoms with Crippen molar-refractivity contribution in [2.24, 2.45) is 0 Å². The predicted octanol–water partition coefficient (Wildman–Crippen LogP) is 1.70. The maximum Gasteiger partial charge on any atom is 0.333 e. The number of rotatable bonds is 3. The molecule has 1 unspecified atom stereocenters. The van der Waals surface area contributed by atoms with Gasteiger partial charge in [-0.15, -0.1) is 0 Å². The molecule has 0 amide bonds. The van der Waals surface area contributed by atoms with Crippen LogP contribution >= 0.6 is 0 Å². The molecule has 1 aromatic carbocycles. The zero-order valence-corrected chi connectivity index (χ0v) is 8.25. The Balaban J connectivity index is 2.41. The smallest absolute Gasteiger partial charge is 0.333 e. The van der Waals surface area contributed by atoms with Crippen LogP contribution in [0.1, 0.15) is 11.6 Å². The lowest BCUT2D eigenvalue weighted by atomic mass is 10.1. The van der Waals surface area contributed by atoms with Crippen LogP contribution < -0.4 is 0 Å². The number of nitrogens with zero attached hydrogens (tertiary/aromatic N) is 2. The number of carbonyl (C=O) groups is 1. The maximum atomic E-state index is 12.7. The van der Waals surface area contributed by atoms with Gasteiger partial charge in [0.05, 0.1) is 0 Å². The fraction of sp³-hybridized carbons (Fsp3) is 0.0909. The van der Waals surface area contributed by atoms with Crippen LogP contribution in [0.15, 0.2) is 42.7 Å². The van der Waals surface area contributed by atoms with E-state index in [1.807, 2.05) is 0 Å². The molecule has 1 heterocycles. The van der Waals surface area contributed by atoms with Gasteiger partial charge in [-0.1, -0.05) is 12.1 Å². The molecule has 0 aliphatic heterocycles. The summed E-state index contributed by atoms with van der Waals surface area (Å²) in [6.45, 7) is 0. The van der Waals surface area contributed by atoms with Crippen LogP contribution in [0.5, 0.6) is 0 Å². The van der Waals surface area contributed by atoms with Gasteiger partial charge in [-0.05, 0) is 23.8 Å². The van der Waals surface area contributed by atoms with Crippen LogP contribution in [0.25, 0.3) is 0 Å². The lowest BCUT2D eigenvalue weighted by Crippen LogP contribution is -2.20. The van der Waals surface area contributed by atoms with Gasteiger partial charge in [0.25, 0.3) is 0 Å². The molecule has 0 saturated heterocycles. The molecule has 5 heteroatoms. The summed E-state index contributed by atoms with van der Waals surface area (Å²) >= 11 is 0. The minimum absolute atomic E-state index is 0.395. The molecule has 0 saturated carbocycles. The Morgan fingerprint density at radius 1 is 1.38 bits per heavy atom. The summed E-state index contributed by atoms with van der Waals surface area (Å²) in [4.78, 5) is 11.1. The second kappa shape index (κ2) is 4.14. The normalized spacial score (nSPS) is 12.3. The molecule has 16 heavy (non-hydrogen) atoms. The average Bonchev–Trinajstić information content (AvgIpc) is 2.74. The molecule has 0 fully saturated rings. The van der Waals surface area contributed by atoms with E-state index in [0.717, 1.165) is 0 Å². The molecule has 0 bridgehead atoms. The first-order valence-electron chi connectivity index (χ1n) is 4.66. The summed E-state index contributed by atoms with van der Waals surface area (Å²) in [7, 11) is 0. The third-order valence-electron chi connectivity index (χ3n) is 2.21. The van der Waals surface area contributed by atoms with Gasteiger partial charge in [0, 0.05) is 12.4 Å². The van der Waals surface area contributed by atoms with Crippen LogP contribution in [0, 0.1) is 5.82 Å². The fourth-order valence-electron chi connectivity index (χ4n) is 1.49. The highest BCUT2D eigenvalue weighted by atomic mass is 19.1. The molecule has 4 nitrogen and oxygen atoms in total. The second-order valence-corrected chi connectivity index (χ2v) is 3.28. The Kier molecular flexibility index (Phi) is 2.68. The van der Waals surface area contributed by atoms with Crippen molar-refractivity contribution >= 4 is 5.97 Å². The monoisotopic (exact) mass is 220 g/mol. The van der Waals surface area contributed by atoms with Crippen molar-refractivity contribution in [2.75, 3.05) is 0 Å². The maximum absolute atomic E-state index is 12.7. The number of aromatic nitrogens is 2. The van der Waals surface area contributed by atoms with Crippen LogP contribution in [0.4, 0.5) is 4.39 Å². The topological polar surface area (TPSA) is 55.1 Å². The number of benzene rings is 1. The Labute approximate surface area is 90.9 Å². The van der Waals surface area contributed by atoms with Gasteiger partial charge in [-0.3, -0.25) is 4.68 Å². The predicted molar refractivity (Wildman–Crippen MR) is 54.4 cm³/mol. The first kappa shape index (κ1) is 10.4. The Morgan fingerprint density at radius 3 is 2.56 bits per heavy atom. The fourth-order valence-corrected chi connectivity index (χ4v) is 1.49. The summed E-state index contributed by atoms with van der Waals surface area (Å²) in [5.74, 6) is -1.43. The van der Waals surface area contributed by atoms with Crippen molar-refractivity contribution in [3.8, 4) is 0 Å². The molecule has 1 atom stereocenters. The Morgan fingerprint density at radius 2 is 2.06 bits per heavy atom. The third kappa shape index (κ3) is 1.93. The van der Waals surface area contributed by atoms with E-state index in [9.17, 15) is 9.18 Å².